The largest absolute Gasteiger partial charge is 0.359 e. The van der Waals surface area contributed by atoms with Crippen molar-refractivity contribution in [3.05, 3.63) is 64.6 Å². The van der Waals surface area contributed by atoms with Gasteiger partial charge in [-0.3, -0.25) is 10.1 Å². The quantitative estimate of drug-likeness (QED) is 0.414. The molecule has 3 aromatic rings. The van der Waals surface area contributed by atoms with Gasteiger partial charge in [-0.2, -0.15) is 0 Å². The third-order valence-corrected chi connectivity index (χ3v) is 5.48. The SMILES string of the molecule is O=C(Nc1nnc(NCCSc2ccccc2)s1)c1ccc(Br)cc1. The fourth-order valence-electron chi connectivity index (χ4n) is 1.96. The van der Waals surface area contributed by atoms with Crippen LogP contribution in [0.5, 0.6) is 0 Å². The van der Waals surface area contributed by atoms with Crippen LogP contribution < -0.4 is 10.6 Å². The molecular weight excluding hydrogens is 420 g/mol. The maximum atomic E-state index is 12.1. The highest BCUT2D eigenvalue weighted by molar-refractivity contribution is 9.10. The molecule has 0 bridgehead atoms. The first-order valence-electron chi connectivity index (χ1n) is 7.53. The topological polar surface area (TPSA) is 66.9 Å². The van der Waals surface area contributed by atoms with Crippen molar-refractivity contribution in [3.8, 4) is 0 Å². The van der Waals surface area contributed by atoms with E-state index < -0.39 is 0 Å². The Morgan fingerprint density at radius 3 is 2.52 bits per heavy atom. The zero-order valence-corrected chi connectivity index (χ0v) is 16.3. The monoisotopic (exact) mass is 434 g/mol. The molecule has 2 aromatic carbocycles. The van der Waals surface area contributed by atoms with Gasteiger partial charge in [0, 0.05) is 27.2 Å². The van der Waals surface area contributed by atoms with E-state index >= 15 is 0 Å². The van der Waals surface area contributed by atoms with Gasteiger partial charge in [0.1, 0.15) is 0 Å². The van der Waals surface area contributed by atoms with Crippen LogP contribution in [0, 0.1) is 0 Å². The van der Waals surface area contributed by atoms with E-state index in [4.69, 9.17) is 0 Å². The van der Waals surface area contributed by atoms with Gasteiger partial charge in [0.15, 0.2) is 0 Å². The van der Waals surface area contributed by atoms with Crippen molar-refractivity contribution in [2.45, 2.75) is 4.90 Å². The maximum absolute atomic E-state index is 12.1. The Balaban J connectivity index is 1.45. The van der Waals surface area contributed by atoms with E-state index in [2.05, 4.69) is 48.9 Å². The van der Waals surface area contributed by atoms with Gasteiger partial charge in [-0.1, -0.05) is 45.5 Å². The lowest BCUT2D eigenvalue weighted by Crippen LogP contribution is -2.11. The van der Waals surface area contributed by atoms with E-state index in [0.717, 1.165) is 16.8 Å². The standard InChI is InChI=1S/C17H15BrN4OS2/c18-13-8-6-12(7-9-13)15(23)20-17-22-21-16(25-17)19-10-11-24-14-4-2-1-3-5-14/h1-9H,10-11H2,(H,19,21)(H,20,22,23). The Morgan fingerprint density at radius 2 is 1.76 bits per heavy atom. The summed E-state index contributed by atoms with van der Waals surface area (Å²) in [5.74, 6) is 0.722. The van der Waals surface area contributed by atoms with Crippen LogP contribution in [-0.4, -0.2) is 28.4 Å². The number of rotatable bonds is 7. The van der Waals surface area contributed by atoms with E-state index in [9.17, 15) is 4.79 Å². The van der Waals surface area contributed by atoms with Gasteiger partial charge >= 0.3 is 0 Å². The van der Waals surface area contributed by atoms with E-state index in [0.29, 0.717) is 15.8 Å². The van der Waals surface area contributed by atoms with Crippen LogP contribution in [0.25, 0.3) is 0 Å². The molecule has 0 aliphatic heterocycles. The lowest BCUT2D eigenvalue weighted by molar-refractivity contribution is 0.102. The number of aromatic nitrogens is 2. The number of carbonyl (C=O) groups is 1. The second kappa shape index (κ2) is 8.98. The first kappa shape index (κ1) is 17.9. The molecule has 0 spiro atoms. The minimum atomic E-state index is -0.199. The average molecular weight is 435 g/mol. The van der Waals surface area contributed by atoms with Gasteiger partial charge in [0.05, 0.1) is 0 Å². The molecular formula is C17H15BrN4OS2. The minimum Gasteiger partial charge on any atom is -0.359 e. The lowest BCUT2D eigenvalue weighted by Gasteiger charge is -2.02. The molecule has 0 radical (unpaired) electrons. The molecule has 8 heteroatoms. The number of thioether (sulfide) groups is 1. The summed E-state index contributed by atoms with van der Waals surface area (Å²) in [4.78, 5) is 13.4. The second-order valence-electron chi connectivity index (χ2n) is 4.96. The molecule has 5 nitrogen and oxygen atoms in total. The zero-order valence-electron chi connectivity index (χ0n) is 13.1. The highest BCUT2D eigenvalue weighted by Gasteiger charge is 2.10. The summed E-state index contributed by atoms with van der Waals surface area (Å²) >= 11 is 6.44. The Hall–Kier alpha value is -1.90. The van der Waals surface area contributed by atoms with E-state index in [1.807, 2.05) is 30.3 Å². The fraction of sp³-hybridized carbons (Fsp3) is 0.118. The van der Waals surface area contributed by atoms with Crippen molar-refractivity contribution in [2.24, 2.45) is 0 Å². The number of nitrogens with one attached hydrogen (secondary N) is 2. The van der Waals surface area contributed by atoms with Crippen molar-refractivity contribution < 1.29 is 4.79 Å². The number of halogens is 1. The molecule has 1 amide bonds. The smallest absolute Gasteiger partial charge is 0.257 e. The first-order chi connectivity index (χ1) is 12.2. The normalized spacial score (nSPS) is 10.4. The lowest BCUT2D eigenvalue weighted by atomic mass is 10.2. The predicted molar refractivity (Wildman–Crippen MR) is 108 cm³/mol. The molecule has 2 N–H and O–H groups in total. The van der Waals surface area contributed by atoms with Crippen molar-refractivity contribution in [2.75, 3.05) is 22.9 Å². The summed E-state index contributed by atoms with van der Waals surface area (Å²) in [6, 6.07) is 17.4. The van der Waals surface area contributed by atoms with Crippen molar-refractivity contribution in [1.29, 1.82) is 0 Å². The van der Waals surface area contributed by atoms with Crippen LogP contribution in [0.2, 0.25) is 0 Å². The Kier molecular flexibility index (Phi) is 6.43. The van der Waals surface area contributed by atoms with Gasteiger partial charge in [-0.05, 0) is 36.4 Å². The van der Waals surface area contributed by atoms with Crippen LogP contribution in [0.1, 0.15) is 10.4 Å². The predicted octanol–water partition coefficient (Wildman–Crippen LogP) is 4.76. The van der Waals surface area contributed by atoms with Gasteiger partial charge in [-0.25, -0.2) is 0 Å². The highest BCUT2D eigenvalue weighted by atomic mass is 79.9. The number of benzene rings is 2. The number of hydrogen-bond acceptors (Lipinski definition) is 6. The second-order valence-corrected chi connectivity index (χ2v) is 8.02. The molecule has 0 aliphatic rings. The van der Waals surface area contributed by atoms with Crippen LogP contribution >= 0.6 is 39.0 Å². The molecule has 0 atom stereocenters. The van der Waals surface area contributed by atoms with E-state index in [1.54, 1.807) is 23.9 Å². The summed E-state index contributed by atoms with van der Waals surface area (Å²) in [5.41, 5.74) is 0.576. The number of amides is 1. The third-order valence-electron chi connectivity index (χ3n) is 3.14. The van der Waals surface area contributed by atoms with Crippen molar-refractivity contribution in [1.82, 2.24) is 10.2 Å². The highest BCUT2D eigenvalue weighted by Crippen LogP contribution is 2.22. The van der Waals surface area contributed by atoms with Gasteiger partial charge in [-0.15, -0.1) is 22.0 Å². The first-order valence-corrected chi connectivity index (χ1v) is 10.1. The van der Waals surface area contributed by atoms with Gasteiger partial charge in [0.2, 0.25) is 10.3 Å². The Labute approximate surface area is 162 Å². The Morgan fingerprint density at radius 1 is 1.04 bits per heavy atom. The fourth-order valence-corrected chi connectivity index (χ4v) is 3.68. The van der Waals surface area contributed by atoms with Crippen LogP contribution in [0.4, 0.5) is 10.3 Å². The van der Waals surface area contributed by atoms with Crippen molar-refractivity contribution in [3.63, 3.8) is 0 Å². The summed E-state index contributed by atoms with van der Waals surface area (Å²) in [6.07, 6.45) is 0. The number of carbonyl (C=O) groups excluding carboxylic acids is 1. The molecule has 0 unspecified atom stereocenters. The van der Waals surface area contributed by atoms with Crippen LogP contribution in [0.3, 0.4) is 0 Å². The molecule has 0 saturated carbocycles. The van der Waals surface area contributed by atoms with Gasteiger partial charge < -0.3 is 5.32 Å². The molecule has 1 aromatic heterocycles. The summed E-state index contributed by atoms with van der Waals surface area (Å²) in [5, 5.41) is 15.2. The third kappa shape index (κ3) is 5.55. The molecule has 128 valence electrons. The minimum absolute atomic E-state index is 0.199. The Bertz CT molecular complexity index is 824. The van der Waals surface area contributed by atoms with Crippen LogP contribution in [-0.2, 0) is 0 Å². The summed E-state index contributed by atoms with van der Waals surface area (Å²) in [7, 11) is 0. The molecule has 25 heavy (non-hydrogen) atoms. The maximum Gasteiger partial charge on any atom is 0.257 e. The summed E-state index contributed by atoms with van der Waals surface area (Å²) < 4.78 is 0.930. The zero-order chi connectivity index (χ0) is 17.5. The number of nitrogens with zero attached hydrogens (tertiary/aromatic N) is 2. The van der Waals surface area contributed by atoms with Gasteiger partial charge in [0.25, 0.3) is 5.91 Å². The van der Waals surface area contributed by atoms with E-state index in [1.165, 1.54) is 16.2 Å². The molecule has 0 aliphatic carbocycles. The molecule has 3 rings (SSSR count). The number of anilines is 2. The molecule has 0 fully saturated rings. The molecule has 0 saturated heterocycles. The van der Waals surface area contributed by atoms with Crippen molar-refractivity contribution >= 4 is 55.2 Å². The average Bonchev–Trinajstić information content (AvgIpc) is 3.07. The summed E-state index contributed by atoms with van der Waals surface area (Å²) in [6.45, 7) is 0.773. The van der Waals surface area contributed by atoms with Crippen LogP contribution in [0.15, 0.2) is 64.0 Å². The molecule has 1 heterocycles. The van der Waals surface area contributed by atoms with E-state index in [-0.39, 0.29) is 5.91 Å². The number of hydrogen-bond donors (Lipinski definition) is 2.